The van der Waals surface area contributed by atoms with E-state index in [2.05, 4.69) is 16.0 Å². The molecule has 0 aliphatic carbocycles. The van der Waals surface area contributed by atoms with Gasteiger partial charge < -0.3 is 195 Å². The van der Waals surface area contributed by atoms with Crippen LogP contribution in [0.4, 0.5) is 0 Å². The van der Waals surface area contributed by atoms with Crippen LogP contribution in [-0.2, 0) is 85.6 Å². The summed E-state index contributed by atoms with van der Waals surface area (Å²) in [6, 6.07) is -5.87. The van der Waals surface area contributed by atoms with Crippen LogP contribution in [0, 0.1) is 0 Å². The van der Waals surface area contributed by atoms with Crippen molar-refractivity contribution >= 4 is 29.7 Å². The molecule has 0 radical (unpaired) electrons. The van der Waals surface area contributed by atoms with E-state index in [1.807, 2.05) is 0 Å². The predicted octanol–water partition coefficient (Wildman–Crippen LogP) is -16.4. The van der Waals surface area contributed by atoms with Gasteiger partial charge in [0, 0.05) is 33.6 Å². The van der Waals surface area contributed by atoms with Crippen LogP contribution < -0.4 is 16.0 Å². The van der Waals surface area contributed by atoms with Crippen molar-refractivity contribution in [2.24, 2.45) is 0 Å². The van der Waals surface area contributed by atoms with Gasteiger partial charge in [0.25, 0.3) is 11.6 Å². The van der Waals surface area contributed by atoms with Gasteiger partial charge in [-0.2, -0.15) is 0 Å². The summed E-state index contributed by atoms with van der Waals surface area (Å²) < 4.78 is 76.3. The molecule has 37 atom stereocenters. The van der Waals surface area contributed by atoms with Crippen LogP contribution >= 0.6 is 0 Å². The molecule has 566 valence electrons. The third kappa shape index (κ3) is 17.4. The fourth-order valence-corrected chi connectivity index (χ4v) is 12.4. The molecule has 3 amide bonds. The average molecular weight is 1440 g/mol. The number of aliphatic hydroxyl groups excluding tert-OH is 21. The van der Waals surface area contributed by atoms with Crippen LogP contribution in [0.1, 0.15) is 40.5 Å². The maximum absolute atomic E-state index is 14.0. The molecule has 44 nitrogen and oxygen atoms in total. The van der Waals surface area contributed by atoms with Gasteiger partial charge in [-0.05, 0) is 6.92 Å². The zero-order valence-electron chi connectivity index (χ0n) is 52.5. The lowest BCUT2D eigenvalue weighted by atomic mass is 9.88. The highest BCUT2D eigenvalue weighted by Gasteiger charge is 2.64. The average Bonchev–Trinajstić information content (AvgIpc) is 0.752. The molecule has 0 aromatic heterocycles. The van der Waals surface area contributed by atoms with Gasteiger partial charge in [0.15, 0.2) is 31.5 Å². The second kappa shape index (κ2) is 34.1. The summed E-state index contributed by atoms with van der Waals surface area (Å²) in [5.74, 6) is -14.4. The van der Waals surface area contributed by atoms with Crippen molar-refractivity contribution in [3.05, 3.63) is 0 Å². The number of hydrogen-bond acceptors (Lipinski definition) is 39. The lowest BCUT2D eigenvalue weighted by molar-refractivity contribution is -0.407. The van der Waals surface area contributed by atoms with E-state index < -0.39 is 308 Å². The largest absolute Gasteiger partial charge is 0.477 e. The summed E-state index contributed by atoms with van der Waals surface area (Å²) in [5, 5.41) is 260. The van der Waals surface area contributed by atoms with Crippen molar-refractivity contribution < 1.29 is 203 Å². The zero-order valence-corrected chi connectivity index (χ0v) is 52.5. The van der Waals surface area contributed by atoms with E-state index in [1.54, 1.807) is 0 Å². The van der Waals surface area contributed by atoms with E-state index >= 15 is 0 Å². The molecule has 1 unspecified atom stereocenters. The molecule has 0 bridgehead atoms. The van der Waals surface area contributed by atoms with Gasteiger partial charge in [0.2, 0.25) is 17.7 Å². The third-order valence-electron chi connectivity index (χ3n) is 17.7. The minimum absolute atomic E-state index is 0.853. The summed E-state index contributed by atoms with van der Waals surface area (Å²) in [4.78, 5) is 65.8. The Morgan fingerprint density at radius 2 is 0.857 bits per heavy atom. The normalized spacial score (nSPS) is 46.0. The van der Waals surface area contributed by atoms with Gasteiger partial charge in [-0.25, -0.2) is 9.59 Å². The van der Waals surface area contributed by atoms with Crippen LogP contribution in [0.3, 0.4) is 0 Å². The lowest BCUT2D eigenvalue weighted by Gasteiger charge is -2.53. The van der Waals surface area contributed by atoms with Crippen molar-refractivity contribution in [2.45, 2.75) is 266 Å². The molecule has 7 aliphatic rings. The predicted molar refractivity (Wildman–Crippen MR) is 300 cm³/mol. The Balaban J connectivity index is 1.38. The molecule has 0 aromatic carbocycles. The van der Waals surface area contributed by atoms with Crippen molar-refractivity contribution in [1.29, 1.82) is 0 Å². The Hall–Kier alpha value is -4.01. The quantitative estimate of drug-likeness (QED) is 0.0363. The van der Waals surface area contributed by atoms with Crippen LogP contribution in [-0.4, -0.2) is 413 Å². The molecular weight excluding hydrogens is 1350 g/mol. The van der Waals surface area contributed by atoms with Crippen LogP contribution in [0.25, 0.3) is 0 Å². The van der Waals surface area contributed by atoms with E-state index in [4.69, 9.17) is 61.6 Å². The summed E-state index contributed by atoms with van der Waals surface area (Å²) in [5.41, 5.74) is 0. The first kappa shape index (κ1) is 81.3. The first-order chi connectivity index (χ1) is 45.9. The summed E-state index contributed by atoms with van der Waals surface area (Å²) in [6.07, 6.45) is -74.4. The molecule has 0 spiro atoms. The molecule has 7 heterocycles. The van der Waals surface area contributed by atoms with Gasteiger partial charge in [0.1, 0.15) is 153 Å². The van der Waals surface area contributed by atoms with Gasteiger partial charge in [0.05, 0.1) is 70.0 Å². The highest BCUT2D eigenvalue weighted by Crippen LogP contribution is 2.43. The van der Waals surface area contributed by atoms with E-state index in [0.29, 0.717) is 0 Å². The maximum Gasteiger partial charge on any atom is 0.364 e. The molecule has 7 rings (SSSR count). The summed E-state index contributed by atoms with van der Waals surface area (Å²) >= 11 is 0. The van der Waals surface area contributed by atoms with Crippen LogP contribution in [0.15, 0.2) is 0 Å². The monoisotopic (exact) mass is 1440 g/mol. The smallest absolute Gasteiger partial charge is 0.364 e. The number of carbonyl (C=O) groups excluding carboxylic acids is 3. The lowest BCUT2D eigenvalue weighted by Crippen LogP contribution is -2.72. The Morgan fingerprint density at radius 1 is 0.439 bits per heavy atom. The number of carboxylic acid groups (broad SMARTS) is 2. The first-order valence-corrected chi connectivity index (χ1v) is 30.7. The molecule has 0 aromatic rings. The van der Waals surface area contributed by atoms with Gasteiger partial charge in [-0.15, -0.1) is 0 Å². The summed E-state index contributed by atoms with van der Waals surface area (Å²) in [6.45, 7) is -3.65. The molecular formula is C54H89N3O41. The summed E-state index contributed by atoms with van der Waals surface area (Å²) in [7, 11) is 0. The van der Waals surface area contributed by atoms with Crippen molar-refractivity contribution in [2.75, 3.05) is 39.6 Å². The minimum atomic E-state index is -3.60. The highest BCUT2D eigenvalue weighted by molar-refractivity contribution is 5.77. The molecule has 44 heteroatoms. The van der Waals surface area contributed by atoms with Crippen molar-refractivity contribution in [3.63, 3.8) is 0 Å². The molecule has 7 saturated heterocycles. The minimum Gasteiger partial charge on any atom is -0.477 e. The van der Waals surface area contributed by atoms with Crippen molar-refractivity contribution in [1.82, 2.24) is 16.0 Å². The third-order valence-corrected chi connectivity index (χ3v) is 17.7. The first-order valence-electron chi connectivity index (χ1n) is 30.7. The number of amides is 3. The van der Waals surface area contributed by atoms with E-state index in [1.165, 1.54) is 0 Å². The van der Waals surface area contributed by atoms with E-state index in [0.717, 1.165) is 27.7 Å². The Bertz CT molecular complexity index is 2630. The van der Waals surface area contributed by atoms with Gasteiger partial charge >= 0.3 is 11.9 Å². The van der Waals surface area contributed by atoms with E-state index in [-0.39, 0.29) is 0 Å². The van der Waals surface area contributed by atoms with Crippen LogP contribution in [0.5, 0.6) is 0 Å². The number of rotatable bonds is 27. The fourth-order valence-electron chi connectivity index (χ4n) is 12.4. The fraction of sp³-hybridized carbons (Fsp3) is 0.907. The molecule has 0 saturated carbocycles. The second-order valence-corrected chi connectivity index (χ2v) is 24.6. The van der Waals surface area contributed by atoms with E-state index in [9.17, 15) is 141 Å². The Kier molecular flexibility index (Phi) is 28.3. The number of nitrogens with one attached hydrogen (secondary N) is 3. The molecule has 7 aliphatic heterocycles. The Labute approximate surface area is 553 Å². The zero-order chi connectivity index (χ0) is 73.1. The molecule has 26 N–H and O–H groups in total. The number of aliphatic carboxylic acids is 2. The van der Waals surface area contributed by atoms with Crippen LogP contribution in [0.2, 0.25) is 0 Å². The second-order valence-electron chi connectivity index (χ2n) is 24.6. The number of aliphatic hydroxyl groups is 21. The SMILES string of the molecule is CC(=O)N[C@H]1[C@H](O[C@H]2[C@@H](O)[C@@H](CO)O[C@@H](O[C@H]3[C@H](O)[C@@H](O)C(O)O[C@@H]3CO)[C@@H]2O)O[C@H](CO)[C@@H](O)[C@@H]1O[C@@H]1O[C@H](CO[C@]2(C(=O)O)C[C@H](O)[C@@H](NC(C)=O)[C@H]([C@H](O)[C@H](O)CO)O2)[C@H](O[C@H]2O[C@@H](C)[C@@H](O)[C@@H](O)[C@@H]2O)[C@H](O[C@]2(C(=O)O)C[C@H](O)[C@@H](NC(C)=O)[C@H]([C@H](O)[C@H](O)CO)O2)[C@H]1O. The molecule has 98 heavy (non-hydrogen) atoms. The molecule has 7 fully saturated rings. The van der Waals surface area contributed by atoms with Gasteiger partial charge in [-0.1, -0.05) is 0 Å². The topological polar surface area (TPSA) is 707 Å². The highest BCUT2D eigenvalue weighted by atomic mass is 16.8. The van der Waals surface area contributed by atoms with Gasteiger partial charge in [-0.3, -0.25) is 14.4 Å². The number of carboxylic acids is 2. The number of ether oxygens (including phenoxy) is 13. The maximum atomic E-state index is 14.0. The van der Waals surface area contributed by atoms with Crippen molar-refractivity contribution in [3.8, 4) is 0 Å². The Morgan fingerprint density at radius 3 is 1.35 bits per heavy atom. The number of carbonyl (C=O) groups is 5. The number of hydrogen-bond donors (Lipinski definition) is 26. The standard InChI is InChI=1S/C54H89N3O41/c1-13-28(70)33(75)36(78)48(87-13)93-40-24(12-86-53(51(82)83)5-17(66)25(55-14(2)63)42(96-53)29(71)19(68)7-58)91-50(38(80)45(40)98-54(52(84)85)6-18(67)26(56-15(3)64)43(97-54)30(72)20(69)8-59)94-41-27(57-16(4)65)47(89-21(9-60)31(41)73)95-44-32(74)22(10-61)90-49(37(44)79)92-39-23(11-62)88-46(81)35(77)34(39)76/h13,17-50,58-62,66-81H,5-12H2,1-4H3,(H,55,63)(H,56,64)(H,57,65)(H,82,83)(H,84,85)/t13-,17-,18-,19+,20+,21+,22+,23+,24+,25+,26+,27+,28+,29+,30+,31+,32-,33+,34+,35+,36-,37+,38+,39+,40-,41+,42+,43+,44-,45+,46?,47-,48+,49-,50-,53+,54-/m0/s1.